The summed E-state index contributed by atoms with van der Waals surface area (Å²) in [6.07, 6.45) is 0. The molecule has 4 N–H and O–H groups in total. The lowest BCUT2D eigenvalue weighted by Crippen LogP contribution is -2.38. The number of nitrogens with two attached hydrogens (primary N) is 1. The van der Waals surface area contributed by atoms with Crippen LogP contribution in [-0.2, 0) is 14.7 Å². The minimum Gasteiger partial charge on any atom is -0.327 e. The fraction of sp³-hybridized carbons (Fsp3) is 0.143. The molecule has 0 bridgehead atoms. The molecule has 0 unspecified atom stereocenters. The topological polar surface area (TPSA) is 92.8 Å². The van der Waals surface area contributed by atoms with E-state index in [9.17, 15) is 14.4 Å². The van der Waals surface area contributed by atoms with Gasteiger partial charge in [-0.3, -0.25) is 4.52 Å². The Hall–Kier alpha value is -1.49. The van der Waals surface area contributed by atoms with Crippen LogP contribution in [0.1, 0.15) is 11.1 Å². The Morgan fingerprint density at radius 1 is 0.950 bits per heavy atom. The fourth-order valence-corrected chi connectivity index (χ4v) is 2.85. The van der Waals surface area contributed by atoms with Crippen LogP contribution in [0, 0.1) is 0 Å². The van der Waals surface area contributed by atoms with Crippen LogP contribution in [0.15, 0.2) is 60.7 Å². The molecule has 0 atom stereocenters. The fourth-order valence-electron chi connectivity index (χ4n) is 2.16. The van der Waals surface area contributed by atoms with Crippen LogP contribution < -0.4 is 5.73 Å². The van der Waals surface area contributed by atoms with Crippen molar-refractivity contribution in [1.82, 2.24) is 0 Å². The van der Waals surface area contributed by atoms with E-state index in [0.717, 1.165) is 0 Å². The van der Waals surface area contributed by atoms with Crippen LogP contribution in [0.5, 0.6) is 0 Å². The molecule has 2 aromatic rings. The molecule has 20 heavy (non-hydrogen) atoms. The third kappa shape index (κ3) is 3.15. The van der Waals surface area contributed by atoms with Gasteiger partial charge in [0.05, 0.1) is 0 Å². The highest BCUT2D eigenvalue weighted by Crippen LogP contribution is 2.48. The summed E-state index contributed by atoms with van der Waals surface area (Å²) in [5, 5.41) is 0. The van der Waals surface area contributed by atoms with E-state index in [1.54, 1.807) is 48.5 Å². The predicted octanol–water partition coefficient (Wildman–Crippen LogP) is 2.00. The van der Waals surface area contributed by atoms with E-state index in [-0.39, 0.29) is 6.54 Å². The Bertz CT molecular complexity index is 558. The summed E-state index contributed by atoms with van der Waals surface area (Å²) in [4.78, 5) is 18.5. The first-order valence-electron chi connectivity index (χ1n) is 6.05. The monoisotopic (exact) mass is 293 g/mol. The van der Waals surface area contributed by atoms with Crippen molar-refractivity contribution in [2.24, 2.45) is 5.73 Å². The van der Waals surface area contributed by atoms with Gasteiger partial charge in [0.25, 0.3) is 0 Å². The van der Waals surface area contributed by atoms with Crippen molar-refractivity contribution in [3.05, 3.63) is 71.8 Å². The number of phosphoric acid groups is 1. The van der Waals surface area contributed by atoms with Gasteiger partial charge >= 0.3 is 7.82 Å². The standard InChI is InChI=1S/C14H16NO4P/c15-11-14(19-20(16,17)18,12-7-3-1-4-8-12)13-9-5-2-6-10-13/h1-10H,11,15H2,(H2,16,17,18). The molecule has 0 spiro atoms. The van der Waals surface area contributed by atoms with E-state index in [0.29, 0.717) is 11.1 Å². The quantitative estimate of drug-likeness (QED) is 0.733. The molecule has 5 nitrogen and oxygen atoms in total. The van der Waals surface area contributed by atoms with E-state index in [2.05, 4.69) is 0 Å². The molecular weight excluding hydrogens is 277 g/mol. The van der Waals surface area contributed by atoms with Gasteiger partial charge in [-0.1, -0.05) is 60.7 Å². The normalized spacial score (nSPS) is 12.3. The molecule has 2 rings (SSSR count). The highest BCUT2D eigenvalue weighted by atomic mass is 31.2. The van der Waals surface area contributed by atoms with Crippen LogP contribution >= 0.6 is 7.82 Å². The Morgan fingerprint density at radius 3 is 1.65 bits per heavy atom. The average Bonchev–Trinajstić information content (AvgIpc) is 2.46. The number of phosphoric ester groups is 1. The molecule has 0 saturated carbocycles. The SMILES string of the molecule is NCC(OP(=O)(O)O)(c1ccccc1)c1ccccc1. The smallest absolute Gasteiger partial charge is 0.327 e. The van der Waals surface area contributed by atoms with Gasteiger partial charge in [0.1, 0.15) is 5.60 Å². The van der Waals surface area contributed by atoms with Gasteiger partial charge in [-0.25, -0.2) is 4.57 Å². The maximum absolute atomic E-state index is 11.4. The van der Waals surface area contributed by atoms with Crippen molar-refractivity contribution >= 4 is 7.82 Å². The van der Waals surface area contributed by atoms with Gasteiger partial charge in [0.15, 0.2) is 0 Å². The molecule has 0 radical (unpaired) electrons. The zero-order valence-corrected chi connectivity index (χ0v) is 11.6. The lowest BCUT2D eigenvalue weighted by molar-refractivity contribution is 0.0721. The Balaban J connectivity index is 2.61. The lowest BCUT2D eigenvalue weighted by Gasteiger charge is -2.33. The summed E-state index contributed by atoms with van der Waals surface area (Å²) < 4.78 is 16.5. The Kier molecular flexibility index (Phi) is 4.38. The zero-order valence-electron chi connectivity index (χ0n) is 10.7. The van der Waals surface area contributed by atoms with E-state index in [4.69, 9.17) is 10.3 Å². The first-order chi connectivity index (χ1) is 9.48. The van der Waals surface area contributed by atoms with Crippen molar-refractivity contribution in [2.75, 3.05) is 6.54 Å². The highest BCUT2D eigenvalue weighted by Gasteiger charge is 2.40. The van der Waals surface area contributed by atoms with Gasteiger partial charge in [-0.2, -0.15) is 0 Å². The predicted molar refractivity (Wildman–Crippen MR) is 75.8 cm³/mol. The van der Waals surface area contributed by atoms with Crippen LogP contribution in [0.4, 0.5) is 0 Å². The average molecular weight is 293 g/mol. The van der Waals surface area contributed by atoms with E-state index >= 15 is 0 Å². The molecule has 2 aromatic carbocycles. The number of rotatable bonds is 5. The second kappa shape index (κ2) is 5.87. The van der Waals surface area contributed by atoms with Crippen LogP contribution in [0.2, 0.25) is 0 Å². The molecule has 0 amide bonds. The number of benzene rings is 2. The van der Waals surface area contributed by atoms with Crippen LogP contribution in [0.3, 0.4) is 0 Å². The van der Waals surface area contributed by atoms with Gasteiger partial charge < -0.3 is 15.5 Å². The maximum atomic E-state index is 11.4. The van der Waals surface area contributed by atoms with Crippen LogP contribution in [0.25, 0.3) is 0 Å². The van der Waals surface area contributed by atoms with Gasteiger partial charge in [-0.15, -0.1) is 0 Å². The van der Waals surface area contributed by atoms with Crippen molar-refractivity contribution in [1.29, 1.82) is 0 Å². The molecular formula is C14H16NO4P. The summed E-state index contributed by atoms with van der Waals surface area (Å²) >= 11 is 0. The molecule has 0 aromatic heterocycles. The molecule has 0 saturated heterocycles. The lowest BCUT2D eigenvalue weighted by atomic mass is 9.86. The second-order valence-electron chi connectivity index (χ2n) is 4.35. The zero-order chi connectivity index (χ0) is 14.6. The third-order valence-corrected chi connectivity index (χ3v) is 3.59. The molecule has 0 aliphatic heterocycles. The summed E-state index contributed by atoms with van der Waals surface area (Å²) in [7, 11) is -4.71. The second-order valence-corrected chi connectivity index (χ2v) is 5.51. The molecule has 0 aliphatic carbocycles. The van der Waals surface area contributed by atoms with E-state index in [1.165, 1.54) is 0 Å². The first kappa shape index (κ1) is 14.9. The third-order valence-electron chi connectivity index (χ3n) is 3.04. The van der Waals surface area contributed by atoms with E-state index in [1.807, 2.05) is 12.1 Å². The molecule has 0 fully saturated rings. The summed E-state index contributed by atoms with van der Waals surface area (Å²) in [5.74, 6) is 0. The van der Waals surface area contributed by atoms with Crippen molar-refractivity contribution < 1.29 is 18.9 Å². The van der Waals surface area contributed by atoms with Gasteiger partial charge in [-0.05, 0) is 11.1 Å². The largest absolute Gasteiger partial charge is 0.470 e. The minimum absolute atomic E-state index is 0.0911. The van der Waals surface area contributed by atoms with Crippen molar-refractivity contribution in [3.8, 4) is 0 Å². The number of hydrogen-bond acceptors (Lipinski definition) is 3. The van der Waals surface area contributed by atoms with Crippen LogP contribution in [-0.4, -0.2) is 16.3 Å². The molecule has 0 aliphatic rings. The van der Waals surface area contributed by atoms with E-state index < -0.39 is 13.4 Å². The van der Waals surface area contributed by atoms with Crippen molar-refractivity contribution in [2.45, 2.75) is 5.60 Å². The summed E-state index contributed by atoms with van der Waals surface area (Å²) in [6.45, 7) is -0.0911. The minimum atomic E-state index is -4.71. The summed E-state index contributed by atoms with van der Waals surface area (Å²) in [5.41, 5.74) is 5.63. The molecule has 106 valence electrons. The Morgan fingerprint density at radius 2 is 1.35 bits per heavy atom. The molecule has 6 heteroatoms. The van der Waals surface area contributed by atoms with Gasteiger partial charge in [0, 0.05) is 6.54 Å². The first-order valence-corrected chi connectivity index (χ1v) is 7.58. The number of hydrogen-bond donors (Lipinski definition) is 3. The van der Waals surface area contributed by atoms with Crippen molar-refractivity contribution in [3.63, 3.8) is 0 Å². The van der Waals surface area contributed by atoms with Gasteiger partial charge in [0.2, 0.25) is 0 Å². The highest BCUT2D eigenvalue weighted by molar-refractivity contribution is 7.46. The summed E-state index contributed by atoms with van der Waals surface area (Å²) in [6, 6.07) is 17.6. The molecule has 0 heterocycles. The Labute approximate surface area is 117 Å². The maximum Gasteiger partial charge on any atom is 0.470 e.